The van der Waals surface area contributed by atoms with Crippen molar-refractivity contribution in [1.82, 2.24) is 0 Å². The van der Waals surface area contributed by atoms with E-state index < -0.39 is 0 Å². The Morgan fingerprint density at radius 2 is 2.38 bits per heavy atom. The lowest BCUT2D eigenvalue weighted by molar-refractivity contribution is 0.472. The summed E-state index contributed by atoms with van der Waals surface area (Å²) < 4.78 is 0.721. The number of hydrogen-bond donors (Lipinski definition) is 0. The Bertz CT molecular complexity index is 249. The van der Waals surface area contributed by atoms with Crippen molar-refractivity contribution < 1.29 is 0 Å². The van der Waals surface area contributed by atoms with E-state index in [-0.39, 0.29) is 0 Å². The van der Waals surface area contributed by atoms with Crippen LogP contribution >= 0.6 is 22.6 Å². The van der Waals surface area contributed by atoms with Gasteiger partial charge < -0.3 is 0 Å². The van der Waals surface area contributed by atoms with Crippen LogP contribution in [0.4, 0.5) is 0 Å². The molecule has 0 aromatic carbocycles. The van der Waals surface area contributed by atoms with Gasteiger partial charge in [0.15, 0.2) is 0 Å². The number of allylic oxidation sites excluding steroid dienone is 3. The van der Waals surface area contributed by atoms with Gasteiger partial charge in [0, 0.05) is 10.0 Å². The third-order valence-electron chi connectivity index (χ3n) is 2.51. The second-order valence-electron chi connectivity index (χ2n) is 3.45. The normalized spacial score (nSPS) is 31.2. The molecule has 0 bridgehead atoms. The average Bonchev–Trinajstić information content (AvgIpc) is 2.10. The van der Waals surface area contributed by atoms with Gasteiger partial charge in [0.2, 0.25) is 0 Å². The van der Waals surface area contributed by atoms with Crippen molar-refractivity contribution in [2.75, 3.05) is 0 Å². The smallest absolute Gasteiger partial charge is 0.0911 e. The van der Waals surface area contributed by atoms with E-state index in [1.807, 2.05) is 6.08 Å². The Labute approximate surface area is 93.7 Å². The summed E-state index contributed by atoms with van der Waals surface area (Å²) in [5, 5.41) is 8.64. The maximum absolute atomic E-state index is 8.64. The van der Waals surface area contributed by atoms with Crippen molar-refractivity contribution >= 4 is 22.6 Å². The molecule has 1 nitrogen and oxygen atoms in total. The van der Waals surface area contributed by atoms with Crippen LogP contribution in [0.25, 0.3) is 0 Å². The molecule has 1 aliphatic rings. The highest BCUT2D eigenvalue weighted by Crippen LogP contribution is 2.35. The molecule has 1 aliphatic carbocycles. The molecule has 1 fully saturated rings. The first kappa shape index (κ1) is 10.8. The third kappa shape index (κ3) is 3.15. The van der Waals surface area contributed by atoms with Crippen molar-refractivity contribution in [3.05, 3.63) is 24.3 Å². The predicted octanol–water partition coefficient (Wildman–Crippen LogP) is 3.62. The van der Waals surface area contributed by atoms with Gasteiger partial charge in [-0.1, -0.05) is 34.2 Å². The first-order chi connectivity index (χ1) is 6.27. The third-order valence-corrected chi connectivity index (χ3v) is 3.57. The topological polar surface area (TPSA) is 23.8 Å². The lowest BCUT2D eigenvalue weighted by Crippen LogP contribution is -2.16. The van der Waals surface area contributed by atoms with Gasteiger partial charge >= 0.3 is 0 Å². The minimum atomic E-state index is 0.586. The molecule has 2 heteroatoms. The van der Waals surface area contributed by atoms with Crippen LogP contribution in [0.3, 0.4) is 0 Å². The van der Waals surface area contributed by atoms with E-state index in [2.05, 4.69) is 35.2 Å². The maximum atomic E-state index is 8.64. The van der Waals surface area contributed by atoms with Gasteiger partial charge in [0.25, 0.3) is 0 Å². The van der Waals surface area contributed by atoms with E-state index in [9.17, 15) is 0 Å². The van der Waals surface area contributed by atoms with Gasteiger partial charge in [-0.15, -0.1) is 6.58 Å². The molecule has 0 amide bonds. The number of alkyl halides is 1. The first-order valence-electron chi connectivity index (χ1n) is 4.61. The van der Waals surface area contributed by atoms with Gasteiger partial charge in [-0.2, -0.15) is 5.26 Å². The summed E-state index contributed by atoms with van der Waals surface area (Å²) >= 11 is 2.47. The van der Waals surface area contributed by atoms with Gasteiger partial charge in [-0.25, -0.2) is 0 Å². The van der Waals surface area contributed by atoms with Crippen LogP contribution < -0.4 is 0 Å². The highest BCUT2D eigenvalue weighted by Gasteiger charge is 2.22. The predicted molar refractivity (Wildman–Crippen MR) is 63.7 cm³/mol. The van der Waals surface area contributed by atoms with E-state index in [1.165, 1.54) is 18.4 Å². The van der Waals surface area contributed by atoms with Crippen LogP contribution in [0, 0.1) is 17.2 Å². The molecule has 0 spiro atoms. The Morgan fingerprint density at radius 3 is 3.00 bits per heavy atom. The maximum Gasteiger partial charge on any atom is 0.0911 e. The highest BCUT2D eigenvalue weighted by molar-refractivity contribution is 14.1. The number of rotatable bonds is 2. The second-order valence-corrected chi connectivity index (χ2v) is 5.21. The summed E-state index contributed by atoms with van der Waals surface area (Å²) in [5.41, 5.74) is 1.33. The van der Waals surface area contributed by atoms with E-state index in [0.717, 1.165) is 16.8 Å². The Morgan fingerprint density at radius 1 is 1.62 bits per heavy atom. The van der Waals surface area contributed by atoms with E-state index in [4.69, 9.17) is 5.26 Å². The SMILES string of the molecule is C=CC[C@H]1CCC(I)C/C1=C\C#N. The molecule has 2 atom stereocenters. The summed E-state index contributed by atoms with van der Waals surface area (Å²) in [4.78, 5) is 0. The Kier molecular flexibility index (Phi) is 4.51. The summed E-state index contributed by atoms with van der Waals surface area (Å²) in [7, 11) is 0. The van der Waals surface area contributed by atoms with Crippen LogP contribution in [0.15, 0.2) is 24.3 Å². The molecule has 1 rings (SSSR count). The summed E-state index contributed by atoms with van der Waals surface area (Å²) in [5.74, 6) is 0.586. The zero-order chi connectivity index (χ0) is 9.68. The molecule has 1 saturated carbocycles. The van der Waals surface area contributed by atoms with Crippen molar-refractivity contribution in [3.63, 3.8) is 0 Å². The zero-order valence-electron chi connectivity index (χ0n) is 7.67. The molecule has 0 radical (unpaired) electrons. The molecular weight excluding hydrogens is 273 g/mol. The largest absolute Gasteiger partial charge is 0.193 e. The van der Waals surface area contributed by atoms with Crippen LogP contribution in [0.2, 0.25) is 0 Å². The van der Waals surface area contributed by atoms with E-state index in [0.29, 0.717) is 5.92 Å². The second kappa shape index (κ2) is 5.43. The molecule has 0 aliphatic heterocycles. The number of hydrogen-bond acceptors (Lipinski definition) is 1. The highest BCUT2D eigenvalue weighted by atomic mass is 127. The van der Waals surface area contributed by atoms with Gasteiger partial charge in [-0.3, -0.25) is 0 Å². The van der Waals surface area contributed by atoms with Gasteiger partial charge in [0.1, 0.15) is 0 Å². The van der Waals surface area contributed by atoms with Crippen molar-refractivity contribution in [2.45, 2.75) is 29.6 Å². The standard InChI is InChI=1S/C11H14IN/c1-2-3-9-4-5-11(12)8-10(9)6-7-13/h2,6,9,11H,1,3-5,8H2/b10-6+/t9-,11?/m0/s1. The number of nitrogens with zero attached hydrogens (tertiary/aromatic N) is 1. The molecule has 1 unspecified atom stereocenters. The van der Waals surface area contributed by atoms with Crippen LogP contribution in [0.1, 0.15) is 25.7 Å². The molecule has 0 saturated heterocycles. The molecule has 0 N–H and O–H groups in total. The molecule has 0 heterocycles. The minimum Gasteiger partial charge on any atom is -0.193 e. The van der Waals surface area contributed by atoms with Crippen LogP contribution in [-0.2, 0) is 0 Å². The van der Waals surface area contributed by atoms with E-state index in [1.54, 1.807) is 6.08 Å². The first-order valence-corrected chi connectivity index (χ1v) is 5.86. The number of nitriles is 1. The van der Waals surface area contributed by atoms with Gasteiger partial charge in [0.05, 0.1) is 6.07 Å². The molecule has 0 aromatic heterocycles. The van der Waals surface area contributed by atoms with Crippen molar-refractivity contribution in [3.8, 4) is 6.07 Å². The summed E-state index contributed by atoms with van der Waals surface area (Å²) in [6.45, 7) is 3.76. The quantitative estimate of drug-likeness (QED) is 0.329. The molecule has 0 aromatic rings. The fourth-order valence-corrected chi connectivity index (χ4v) is 2.69. The zero-order valence-corrected chi connectivity index (χ0v) is 9.83. The Hall–Kier alpha value is -0.300. The van der Waals surface area contributed by atoms with Crippen LogP contribution in [-0.4, -0.2) is 3.92 Å². The summed E-state index contributed by atoms with van der Waals surface area (Å²) in [6, 6.07) is 2.15. The fraction of sp³-hybridized carbons (Fsp3) is 0.545. The lowest BCUT2D eigenvalue weighted by atomic mass is 9.82. The van der Waals surface area contributed by atoms with Crippen molar-refractivity contribution in [1.29, 1.82) is 5.26 Å². The van der Waals surface area contributed by atoms with E-state index >= 15 is 0 Å². The van der Waals surface area contributed by atoms with Gasteiger partial charge in [-0.05, 0) is 31.6 Å². The number of halogens is 1. The van der Waals surface area contributed by atoms with Crippen LogP contribution in [0.5, 0.6) is 0 Å². The molecule has 13 heavy (non-hydrogen) atoms. The average molecular weight is 287 g/mol. The minimum absolute atomic E-state index is 0.586. The molecular formula is C11H14IN. The molecule has 70 valence electrons. The lowest BCUT2D eigenvalue weighted by Gasteiger charge is -2.27. The summed E-state index contributed by atoms with van der Waals surface area (Å²) in [6.07, 6.45) is 8.31. The van der Waals surface area contributed by atoms with Crippen molar-refractivity contribution in [2.24, 2.45) is 5.92 Å². The monoisotopic (exact) mass is 287 g/mol. The Balaban J connectivity index is 2.67. The fourth-order valence-electron chi connectivity index (χ4n) is 1.82.